The number of rotatable bonds is 11. The van der Waals surface area contributed by atoms with Crippen LogP contribution < -0.4 is 10.6 Å². The molecule has 0 bridgehead atoms. The normalized spacial score (nSPS) is 29.0. The van der Waals surface area contributed by atoms with Gasteiger partial charge >= 0.3 is 0 Å². The molecule has 0 aromatic rings. The van der Waals surface area contributed by atoms with Gasteiger partial charge in [-0.25, -0.2) is 0 Å². The van der Waals surface area contributed by atoms with E-state index < -0.39 is 0 Å². The molecular formula is C16H30N4O2. The van der Waals surface area contributed by atoms with Crippen LogP contribution in [0.3, 0.4) is 0 Å². The van der Waals surface area contributed by atoms with Gasteiger partial charge < -0.3 is 10.6 Å². The minimum Gasteiger partial charge on any atom is -0.355 e. The van der Waals surface area contributed by atoms with Crippen LogP contribution in [0.2, 0.25) is 0 Å². The molecule has 6 nitrogen and oxygen atoms in total. The number of carbonyl (C=O) groups excluding carboxylic acids is 2. The molecule has 4 unspecified atom stereocenters. The summed E-state index contributed by atoms with van der Waals surface area (Å²) in [7, 11) is 0. The molecule has 2 heterocycles. The van der Waals surface area contributed by atoms with Gasteiger partial charge in [0.15, 0.2) is 0 Å². The Morgan fingerprint density at radius 2 is 1.18 bits per heavy atom. The van der Waals surface area contributed by atoms with Gasteiger partial charge in [-0.3, -0.25) is 19.4 Å². The zero-order chi connectivity index (χ0) is 15.9. The van der Waals surface area contributed by atoms with Gasteiger partial charge in [0.2, 0.25) is 11.8 Å². The molecule has 22 heavy (non-hydrogen) atoms. The molecule has 2 N–H and O–H groups in total. The Kier molecular flexibility index (Phi) is 6.64. The molecule has 2 amide bonds. The maximum Gasteiger partial charge on any atom is 0.234 e. The van der Waals surface area contributed by atoms with Gasteiger partial charge in [0.25, 0.3) is 0 Å². The molecule has 0 saturated carbocycles. The van der Waals surface area contributed by atoms with E-state index in [1.807, 2.05) is 0 Å². The summed E-state index contributed by atoms with van der Waals surface area (Å²) in [5.74, 6) is 0.279. The number of unbranched alkanes of at least 4 members (excludes halogenated alkanes) is 3. The lowest BCUT2D eigenvalue weighted by Gasteiger charge is -2.07. The fraction of sp³-hybridized carbons (Fsp3) is 0.875. The van der Waals surface area contributed by atoms with Crippen LogP contribution >= 0.6 is 0 Å². The maximum absolute atomic E-state index is 11.6. The maximum atomic E-state index is 11.6. The van der Waals surface area contributed by atoms with Crippen LogP contribution in [0.5, 0.6) is 0 Å². The van der Waals surface area contributed by atoms with Gasteiger partial charge in [-0.05, 0) is 26.7 Å². The van der Waals surface area contributed by atoms with Gasteiger partial charge in [0, 0.05) is 38.3 Å². The minimum absolute atomic E-state index is 0.140. The lowest BCUT2D eigenvalue weighted by atomic mass is 10.2. The molecule has 2 rings (SSSR count). The fourth-order valence-corrected chi connectivity index (χ4v) is 2.57. The highest BCUT2D eigenvalue weighted by Gasteiger charge is 2.30. The monoisotopic (exact) mass is 310 g/mol. The Hall–Kier alpha value is -1.14. The third-order valence-corrected chi connectivity index (χ3v) is 4.42. The van der Waals surface area contributed by atoms with Crippen molar-refractivity contribution in [1.29, 1.82) is 0 Å². The number of amides is 2. The third-order valence-electron chi connectivity index (χ3n) is 4.42. The second kappa shape index (κ2) is 8.48. The predicted molar refractivity (Wildman–Crippen MR) is 86.6 cm³/mol. The lowest BCUT2D eigenvalue weighted by molar-refractivity contribution is -0.122. The van der Waals surface area contributed by atoms with Crippen LogP contribution in [0, 0.1) is 0 Å². The summed E-state index contributed by atoms with van der Waals surface area (Å²) in [6, 6.07) is 1.17. The van der Waals surface area contributed by atoms with E-state index in [1.54, 1.807) is 0 Å². The smallest absolute Gasteiger partial charge is 0.234 e. The van der Waals surface area contributed by atoms with Gasteiger partial charge in [-0.15, -0.1) is 0 Å². The molecule has 0 spiro atoms. The Morgan fingerprint density at radius 3 is 1.50 bits per heavy atom. The van der Waals surface area contributed by atoms with E-state index in [4.69, 9.17) is 0 Å². The van der Waals surface area contributed by atoms with Gasteiger partial charge in [-0.1, -0.05) is 12.8 Å². The minimum atomic E-state index is 0.140. The molecule has 2 fully saturated rings. The average molecular weight is 310 g/mol. The molecule has 0 radical (unpaired) electrons. The van der Waals surface area contributed by atoms with E-state index in [0.717, 1.165) is 51.9 Å². The quantitative estimate of drug-likeness (QED) is 0.422. The summed E-state index contributed by atoms with van der Waals surface area (Å²) in [4.78, 5) is 27.4. The van der Waals surface area contributed by atoms with Crippen molar-refractivity contribution in [3.63, 3.8) is 0 Å². The first kappa shape index (κ1) is 17.2. The summed E-state index contributed by atoms with van der Waals surface area (Å²) in [5.41, 5.74) is 0. The standard InChI is InChI=1S/C16H30N4O2/c1-13-9-19(13)11-15(21)17-7-5-3-4-6-8-18-16(22)12-20-10-14(20)2/h13-14H,3-12H2,1-2H3,(H,17,21)(H,18,22). The predicted octanol–water partition coefficient (Wildman–Crippen LogP) is 0.187. The molecule has 0 aliphatic carbocycles. The van der Waals surface area contributed by atoms with E-state index >= 15 is 0 Å². The van der Waals surface area contributed by atoms with Crippen LogP contribution in [0.1, 0.15) is 39.5 Å². The number of carbonyl (C=O) groups is 2. The van der Waals surface area contributed by atoms with E-state index in [2.05, 4.69) is 34.3 Å². The third kappa shape index (κ3) is 6.75. The number of hydrogen-bond donors (Lipinski definition) is 2. The van der Waals surface area contributed by atoms with Crippen LogP contribution in [0.4, 0.5) is 0 Å². The average Bonchev–Trinajstić information content (AvgIpc) is 3.34. The lowest BCUT2D eigenvalue weighted by Crippen LogP contribution is -2.31. The molecule has 2 aliphatic heterocycles. The molecule has 2 aliphatic rings. The molecule has 6 heteroatoms. The number of nitrogens with one attached hydrogen (secondary N) is 2. The molecule has 126 valence electrons. The van der Waals surface area contributed by atoms with Crippen molar-refractivity contribution in [2.75, 3.05) is 39.3 Å². The molecule has 4 atom stereocenters. The summed E-state index contributed by atoms with van der Waals surface area (Å²) in [5, 5.41) is 5.92. The van der Waals surface area contributed by atoms with Crippen molar-refractivity contribution >= 4 is 11.8 Å². The highest BCUT2D eigenvalue weighted by Crippen LogP contribution is 2.14. The SMILES string of the molecule is CC1CN1CC(=O)NCCCCCCNC(=O)CN1CC1C. The molecule has 0 aromatic heterocycles. The first-order valence-corrected chi connectivity index (χ1v) is 8.57. The van der Waals surface area contributed by atoms with Crippen LogP contribution in [0.15, 0.2) is 0 Å². The first-order valence-electron chi connectivity index (χ1n) is 8.57. The highest BCUT2D eigenvalue weighted by atomic mass is 16.2. The summed E-state index contributed by atoms with van der Waals surface area (Å²) in [6.07, 6.45) is 4.22. The van der Waals surface area contributed by atoms with Crippen molar-refractivity contribution in [3.05, 3.63) is 0 Å². The van der Waals surface area contributed by atoms with Crippen molar-refractivity contribution in [3.8, 4) is 0 Å². The van der Waals surface area contributed by atoms with Crippen molar-refractivity contribution in [2.45, 2.75) is 51.6 Å². The fourth-order valence-electron chi connectivity index (χ4n) is 2.57. The summed E-state index contributed by atoms with van der Waals surface area (Å²) in [6.45, 7) is 8.99. The zero-order valence-corrected chi connectivity index (χ0v) is 13.9. The van der Waals surface area contributed by atoms with Gasteiger partial charge in [0.1, 0.15) is 0 Å². The number of nitrogens with zero attached hydrogens (tertiary/aromatic N) is 2. The molecular weight excluding hydrogens is 280 g/mol. The molecule has 2 saturated heterocycles. The van der Waals surface area contributed by atoms with E-state index in [-0.39, 0.29) is 11.8 Å². The Morgan fingerprint density at radius 1 is 0.818 bits per heavy atom. The van der Waals surface area contributed by atoms with Crippen LogP contribution in [-0.2, 0) is 9.59 Å². The van der Waals surface area contributed by atoms with Crippen molar-refractivity contribution < 1.29 is 9.59 Å². The first-order chi connectivity index (χ1) is 10.6. The highest BCUT2D eigenvalue weighted by molar-refractivity contribution is 5.78. The van der Waals surface area contributed by atoms with Crippen molar-refractivity contribution in [2.24, 2.45) is 0 Å². The van der Waals surface area contributed by atoms with Gasteiger partial charge in [0.05, 0.1) is 13.1 Å². The molecule has 0 aromatic carbocycles. The van der Waals surface area contributed by atoms with Crippen LogP contribution in [-0.4, -0.2) is 73.0 Å². The van der Waals surface area contributed by atoms with Crippen molar-refractivity contribution in [1.82, 2.24) is 20.4 Å². The van der Waals surface area contributed by atoms with Crippen LogP contribution in [0.25, 0.3) is 0 Å². The summed E-state index contributed by atoms with van der Waals surface area (Å²) >= 11 is 0. The largest absolute Gasteiger partial charge is 0.355 e. The zero-order valence-electron chi connectivity index (χ0n) is 13.9. The Labute approximate surface area is 133 Å². The second-order valence-corrected chi connectivity index (χ2v) is 6.67. The van der Waals surface area contributed by atoms with Gasteiger partial charge in [-0.2, -0.15) is 0 Å². The Bertz CT molecular complexity index is 352. The van der Waals surface area contributed by atoms with E-state index in [1.165, 1.54) is 0 Å². The topological polar surface area (TPSA) is 64.2 Å². The number of hydrogen-bond acceptors (Lipinski definition) is 4. The summed E-state index contributed by atoms with van der Waals surface area (Å²) < 4.78 is 0. The second-order valence-electron chi connectivity index (χ2n) is 6.67. The van der Waals surface area contributed by atoms with E-state index in [9.17, 15) is 9.59 Å². The van der Waals surface area contributed by atoms with E-state index in [0.29, 0.717) is 25.2 Å². The Balaban J connectivity index is 1.32.